The minimum atomic E-state index is -0.941. The lowest BCUT2D eigenvalue weighted by Gasteiger charge is -2.24. The summed E-state index contributed by atoms with van der Waals surface area (Å²) in [5.41, 5.74) is 0.833. The number of amides is 2. The molecule has 0 radical (unpaired) electrons. The van der Waals surface area contributed by atoms with E-state index in [9.17, 15) is 19.2 Å². The molecular weight excluding hydrogens is 458 g/mol. The van der Waals surface area contributed by atoms with Gasteiger partial charge in [0.1, 0.15) is 6.61 Å². The minimum absolute atomic E-state index is 0. The first kappa shape index (κ1) is 29.6. The van der Waals surface area contributed by atoms with E-state index >= 15 is 0 Å². The molecule has 3 unspecified atom stereocenters. The second-order valence-electron chi connectivity index (χ2n) is 9.50. The fraction of sp³-hybridized carbons (Fsp3) is 0.600. The summed E-state index contributed by atoms with van der Waals surface area (Å²) in [6.45, 7) is 7.97. The fourth-order valence-electron chi connectivity index (χ4n) is 4.00. The van der Waals surface area contributed by atoms with Gasteiger partial charge < -0.3 is 20.3 Å². The molecule has 1 aliphatic rings. The molecule has 0 aliphatic carbocycles. The van der Waals surface area contributed by atoms with Gasteiger partial charge in [-0.3, -0.25) is 14.4 Å². The van der Waals surface area contributed by atoms with Crippen molar-refractivity contribution in [3.05, 3.63) is 35.9 Å². The molecule has 0 aromatic heterocycles. The summed E-state index contributed by atoms with van der Waals surface area (Å²) in [5.74, 6) is -1.35. The molecule has 1 aromatic carbocycles. The minimum Gasteiger partial charge on any atom is -0.445 e. The Morgan fingerprint density at radius 2 is 1.62 bits per heavy atom. The number of halogens is 1. The topological polar surface area (TPSA) is 105 Å². The molecule has 0 bridgehead atoms. The highest BCUT2D eigenvalue weighted by molar-refractivity contribution is 6.09. The molecule has 2 N–H and O–H groups in total. The molecule has 34 heavy (non-hydrogen) atoms. The van der Waals surface area contributed by atoms with Crippen molar-refractivity contribution in [1.29, 1.82) is 0 Å². The van der Waals surface area contributed by atoms with Crippen LogP contribution < -0.4 is 10.6 Å². The molecule has 1 aliphatic heterocycles. The van der Waals surface area contributed by atoms with Gasteiger partial charge in [0.15, 0.2) is 11.6 Å². The average Bonchev–Trinajstić information content (AvgIpc) is 3.16. The number of hydrogen-bond donors (Lipinski definition) is 2. The van der Waals surface area contributed by atoms with E-state index in [1.807, 2.05) is 58.0 Å². The third-order valence-corrected chi connectivity index (χ3v) is 5.70. The number of Topliss-reactive ketones (excluding diaryl/α,β-unsaturated/α-hetero) is 2. The summed E-state index contributed by atoms with van der Waals surface area (Å²) in [5, 5.41) is 5.65. The van der Waals surface area contributed by atoms with Crippen molar-refractivity contribution in [1.82, 2.24) is 15.5 Å². The van der Waals surface area contributed by atoms with E-state index in [0.717, 1.165) is 5.56 Å². The van der Waals surface area contributed by atoms with Crippen LogP contribution in [0.25, 0.3) is 0 Å². The number of nitrogens with zero attached hydrogens (tertiary/aromatic N) is 1. The van der Waals surface area contributed by atoms with Gasteiger partial charge in [-0.1, -0.05) is 58.0 Å². The number of likely N-dealkylation sites (tertiary alicyclic amines) is 1. The maximum Gasteiger partial charge on any atom is 0.408 e. The summed E-state index contributed by atoms with van der Waals surface area (Å²) < 4.78 is 5.26. The number of likely N-dealkylation sites (N-methyl/N-ethyl adjacent to an activating group) is 1. The van der Waals surface area contributed by atoms with Gasteiger partial charge in [0.2, 0.25) is 5.91 Å². The highest BCUT2D eigenvalue weighted by atomic mass is 35.5. The van der Waals surface area contributed by atoms with Crippen molar-refractivity contribution in [3.63, 3.8) is 0 Å². The molecule has 9 heteroatoms. The summed E-state index contributed by atoms with van der Waals surface area (Å²) in [6.07, 6.45) is 0.316. The molecule has 2 rings (SSSR count). The first-order chi connectivity index (χ1) is 15.6. The van der Waals surface area contributed by atoms with Crippen molar-refractivity contribution < 1.29 is 23.9 Å². The predicted molar refractivity (Wildman–Crippen MR) is 133 cm³/mol. The Hall–Kier alpha value is -2.45. The molecule has 1 saturated heterocycles. The zero-order valence-corrected chi connectivity index (χ0v) is 21.5. The van der Waals surface area contributed by atoms with Gasteiger partial charge in [0.25, 0.3) is 0 Å². The maximum absolute atomic E-state index is 13.2. The third kappa shape index (κ3) is 8.72. The fourth-order valence-corrected chi connectivity index (χ4v) is 4.00. The molecular formula is C25H38ClN3O5. The highest BCUT2D eigenvalue weighted by Gasteiger charge is 2.42. The van der Waals surface area contributed by atoms with Gasteiger partial charge in [-0.05, 0) is 37.3 Å². The largest absolute Gasteiger partial charge is 0.445 e. The Balaban J connectivity index is 0.00000578. The summed E-state index contributed by atoms with van der Waals surface area (Å²) in [6, 6.07) is 7.99. The molecule has 3 atom stereocenters. The molecule has 0 spiro atoms. The van der Waals surface area contributed by atoms with E-state index in [0.29, 0.717) is 18.8 Å². The lowest BCUT2D eigenvalue weighted by Crippen LogP contribution is -2.47. The Kier molecular flexibility index (Phi) is 12.2. The number of hydrogen-bond acceptors (Lipinski definition) is 6. The van der Waals surface area contributed by atoms with Crippen LogP contribution in [0.1, 0.15) is 46.1 Å². The van der Waals surface area contributed by atoms with Crippen molar-refractivity contribution in [2.45, 2.75) is 59.2 Å². The maximum atomic E-state index is 13.2. The molecule has 8 nitrogen and oxygen atoms in total. The van der Waals surface area contributed by atoms with Crippen LogP contribution in [0.5, 0.6) is 0 Å². The Morgan fingerprint density at radius 3 is 2.18 bits per heavy atom. The normalized spacial score (nSPS) is 17.3. The summed E-state index contributed by atoms with van der Waals surface area (Å²) in [7, 11) is 1.72. The van der Waals surface area contributed by atoms with Crippen LogP contribution in [0.2, 0.25) is 0 Å². The van der Waals surface area contributed by atoms with E-state index < -0.39 is 24.1 Å². The second-order valence-corrected chi connectivity index (χ2v) is 9.50. The van der Waals surface area contributed by atoms with Crippen LogP contribution >= 0.6 is 12.4 Å². The smallest absolute Gasteiger partial charge is 0.408 e. The van der Waals surface area contributed by atoms with Crippen LogP contribution in [0, 0.1) is 17.8 Å². The zero-order chi connectivity index (χ0) is 24.5. The van der Waals surface area contributed by atoms with E-state index in [1.165, 1.54) is 4.90 Å². The number of alkyl carbamates (subject to hydrolysis) is 1. The number of nitrogens with one attached hydrogen (secondary N) is 2. The highest BCUT2D eigenvalue weighted by Crippen LogP contribution is 2.20. The number of benzene rings is 1. The van der Waals surface area contributed by atoms with Crippen LogP contribution in [-0.2, 0) is 25.7 Å². The SMILES string of the molecule is CNC(CC(C)C)C(=O)N1CC(=O)C(C(=O)C(CC(C)C)NC(=O)OCc2ccccc2)C1.Cl. The molecule has 0 saturated carbocycles. The van der Waals surface area contributed by atoms with E-state index in [4.69, 9.17) is 4.74 Å². The van der Waals surface area contributed by atoms with Crippen molar-refractivity contribution in [2.75, 3.05) is 20.1 Å². The van der Waals surface area contributed by atoms with Crippen molar-refractivity contribution in [2.24, 2.45) is 17.8 Å². The van der Waals surface area contributed by atoms with Gasteiger partial charge in [-0.15, -0.1) is 12.4 Å². The van der Waals surface area contributed by atoms with Gasteiger partial charge in [-0.2, -0.15) is 0 Å². The van der Waals surface area contributed by atoms with Gasteiger partial charge in [-0.25, -0.2) is 4.79 Å². The molecule has 1 fully saturated rings. The Morgan fingerprint density at radius 1 is 1.03 bits per heavy atom. The van der Waals surface area contributed by atoms with Crippen molar-refractivity contribution >= 4 is 36.0 Å². The number of ketones is 2. The molecule has 190 valence electrons. The van der Waals surface area contributed by atoms with Gasteiger partial charge >= 0.3 is 6.09 Å². The molecule has 2 amide bonds. The molecule has 1 aromatic rings. The molecule has 1 heterocycles. The van der Waals surface area contributed by atoms with E-state index in [1.54, 1.807) is 7.05 Å². The number of rotatable bonds is 11. The van der Waals surface area contributed by atoms with Crippen LogP contribution in [0.15, 0.2) is 30.3 Å². The van der Waals surface area contributed by atoms with Crippen LogP contribution in [0.4, 0.5) is 4.79 Å². The predicted octanol–water partition coefficient (Wildman–Crippen LogP) is 2.98. The number of carbonyl (C=O) groups excluding carboxylic acids is 4. The lowest BCUT2D eigenvalue weighted by molar-refractivity contribution is -0.134. The van der Waals surface area contributed by atoms with Crippen LogP contribution in [0.3, 0.4) is 0 Å². The van der Waals surface area contributed by atoms with Crippen molar-refractivity contribution in [3.8, 4) is 0 Å². The summed E-state index contributed by atoms with van der Waals surface area (Å²) >= 11 is 0. The standard InChI is InChI=1S/C25H37N3O5.ClH/c1-16(2)11-20(27-25(32)33-15-18-9-7-6-8-10-18)23(30)19-13-28(14-22(19)29)24(31)21(26-5)12-17(3)4;/h6-10,16-17,19-21,26H,11-15H2,1-5H3,(H,27,32);1H. The summed E-state index contributed by atoms with van der Waals surface area (Å²) in [4.78, 5) is 52.6. The first-order valence-electron chi connectivity index (χ1n) is 11.6. The Bertz CT molecular complexity index is 831. The van der Waals surface area contributed by atoms with E-state index in [2.05, 4.69) is 10.6 Å². The third-order valence-electron chi connectivity index (χ3n) is 5.70. The van der Waals surface area contributed by atoms with Gasteiger partial charge in [0.05, 0.1) is 24.5 Å². The lowest BCUT2D eigenvalue weighted by atomic mass is 9.91. The quantitative estimate of drug-likeness (QED) is 0.457. The van der Waals surface area contributed by atoms with E-state index in [-0.39, 0.29) is 55.5 Å². The van der Waals surface area contributed by atoms with Gasteiger partial charge in [0, 0.05) is 6.54 Å². The zero-order valence-electron chi connectivity index (χ0n) is 20.7. The average molecular weight is 496 g/mol. The second kappa shape index (κ2) is 14.1. The monoisotopic (exact) mass is 495 g/mol. The number of ether oxygens (including phenoxy) is 1. The first-order valence-corrected chi connectivity index (χ1v) is 11.6. The van der Waals surface area contributed by atoms with Crippen LogP contribution in [-0.4, -0.2) is 60.7 Å². The Labute approximate surface area is 208 Å². The number of carbonyl (C=O) groups is 4.